The largest absolute Gasteiger partial charge is 0.478 e. The first-order chi connectivity index (χ1) is 25.7. The van der Waals surface area contributed by atoms with Crippen molar-refractivity contribution in [3.63, 3.8) is 0 Å². The first-order valence-electron chi connectivity index (χ1n) is 16.7. The summed E-state index contributed by atoms with van der Waals surface area (Å²) in [5, 5.41) is 24.4. The molecule has 2 N–H and O–H groups in total. The minimum Gasteiger partial charge on any atom is -0.478 e. The van der Waals surface area contributed by atoms with Crippen molar-refractivity contribution in [2.45, 2.75) is 11.4 Å². The number of carboxylic acids is 1. The SMILES string of the molecule is O=C(O)c1cncc(-c2ccccc2CN2CCN(c3ccc(C(=O)N(c4ccc(NCCSc5ccccc5)c([N+](=O)[O-])c4)[SH](=O)=O)cc3)CC2)c1. The zero-order valence-electron chi connectivity index (χ0n) is 28.4. The number of anilines is 3. The quantitative estimate of drug-likeness (QED) is 0.0396. The van der Waals surface area contributed by atoms with E-state index >= 15 is 0 Å². The van der Waals surface area contributed by atoms with Crippen molar-refractivity contribution >= 4 is 57.3 Å². The molecule has 1 fully saturated rings. The Morgan fingerprint density at radius 3 is 2.30 bits per heavy atom. The van der Waals surface area contributed by atoms with Crippen LogP contribution in [0.2, 0.25) is 0 Å². The number of carbonyl (C=O) groups excluding carboxylic acids is 1. The van der Waals surface area contributed by atoms with Crippen molar-refractivity contribution < 1.29 is 28.0 Å². The number of nitro benzene ring substituents is 1. The molecule has 0 bridgehead atoms. The highest BCUT2D eigenvalue weighted by Crippen LogP contribution is 2.32. The second kappa shape index (κ2) is 17.2. The van der Waals surface area contributed by atoms with Crippen molar-refractivity contribution in [1.29, 1.82) is 0 Å². The number of hydrogen-bond acceptors (Lipinski definition) is 11. The van der Waals surface area contributed by atoms with Crippen LogP contribution in [0.5, 0.6) is 0 Å². The lowest BCUT2D eigenvalue weighted by molar-refractivity contribution is -0.383. The van der Waals surface area contributed by atoms with Gasteiger partial charge in [-0.15, -0.1) is 11.8 Å². The van der Waals surface area contributed by atoms with Crippen molar-refractivity contribution in [3.8, 4) is 11.1 Å². The maximum absolute atomic E-state index is 13.5. The smallest absolute Gasteiger partial charge is 0.337 e. The van der Waals surface area contributed by atoms with E-state index < -0.39 is 27.7 Å². The van der Waals surface area contributed by atoms with Gasteiger partial charge in [-0.05, 0) is 65.7 Å². The molecule has 0 radical (unpaired) electrons. The molecule has 0 unspecified atom stereocenters. The van der Waals surface area contributed by atoms with Crippen LogP contribution in [0.25, 0.3) is 11.1 Å². The third kappa shape index (κ3) is 9.18. The van der Waals surface area contributed by atoms with E-state index in [4.69, 9.17) is 0 Å². The third-order valence-electron chi connectivity index (χ3n) is 8.77. The van der Waals surface area contributed by atoms with Gasteiger partial charge in [-0.1, -0.05) is 42.5 Å². The Bertz CT molecular complexity index is 2170. The molecule has 0 atom stereocenters. The lowest BCUT2D eigenvalue weighted by atomic mass is 9.99. The van der Waals surface area contributed by atoms with E-state index in [1.807, 2.05) is 54.6 Å². The fourth-order valence-corrected chi connectivity index (χ4v) is 7.46. The number of thioether (sulfide) groups is 1. The number of carboxylic acid groups (broad SMARTS) is 1. The Morgan fingerprint density at radius 1 is 0.887 bits per heavy atom. The zero-order valence-corrected chi connectivity index (χ0v) is 30.1. The number of amides is 1. The Labute approximate surface area is 312 Å². The van der Waals surface area contributed by atoms with E-state index in [-0.39, 0.29) is 28.2 Å². The molecular weight excluding hydrogens is 717 g/mol. The van der Waals surface area contributed by atoms with Gasteiger partial charge < -0.3 is 15.3 Å². The topological polar surface area (TPSA) is 166 Å². The van der Waals surface area contributed by atoms with Gasteiger partial charge >= 0.3 is 5.97 Å². The van der Waals surface area contributed by atoms with Crippen LogP contribution < -0.4 is 14.5 Å². The van der Waals surface area contributed by atoms with Gasteiger partial charge in [-0.25, -0.2) is 17.5 Å². The standard InChI is InChI=1S/C38H36N6O7S2/c45-37(43(53(50)51)32-14-15-35(36(23-32)44(48)49)40-16-21-52-33-7-2-1-3-8-33)27-10-12-31(13-11-27)42-19-17-41(18-20-42)26-28-6-4-5-9-34(28)29-22-30(38(46)47)25-39-24-29/h1-15,22-25,40,53H,16-21,26H2,(H,46,47). The number of thiol groups is 1. The minimum absolute atomic E-state index is 0.118. The van der Waals surface area contributed by atoms with Gasteiger partial charge in [0.2, 0.25) is 10.9 Å². The van der Waals surface area contributed by atoms with E-state index in [1.165, 1.54) is 18.3 Å². The monoisotopic (exact) mass is 752 g/mol. The number of carbonyl (C=O) groups is 2. The Hall–Kier alpha value is -5.77. The van der Waals surface area contributed by atoms with E-state index in [1.54, 1.807) is 48.3 Å². The average Bonchev–Trinajstić information content (AvgIpc) is 3.17. The Kier molecular flexibility index (Phi) is 12.0. The normalized spacial score (nSPS) is 13.1. The highest BCUT2D eigenvalue weighted by Gasteiger charge is 2.25. The Morgan fingerprint density at radius 2 is 1.60 bits per heavy atom. The summed E-state index contributed by atoms with van der Waals surface area (Å²) in [6.07, 6.45) is 3.00. The summed E-state index contributed by atoms with van der Waals surface area (Å²) in [6.45, 7) is 4.01. The summed E-state index contributed by atoms with van der Waals surface area (Å²) < 4.78 is 25.3. The number of nitro groups is 1. The molecule has 15 heteroatoms. The predicted octanol–water partition coefficient (Wildman–Crippen LogP) is 6.05. The van der Waals surface area contributed by atoms with Crippen molar-refractivity contribution in [3.05, 3.63) is 142 Å². The second-order valence-electron chi connectivity index (χ2n) is 12.1. The van der Waals surface area contributed by atoms with Gasteiger partial charge in [0, 0.05) is 85.2 Å². The summed E-state index contributed by atoms with van der Waals surface area (Å²) in [7, 11) is -3.46. The Balaban J connectivity index is 1.08. The molecule has 1 aliphatic heterocycles. The summed E-state index contributed by atoms with van der Waals surface area (Å²) in [4.78, 5) is 46.0. The molecular formula is C38H36N6O7S2. The summed E-state index contributed by atoms with van der Waals surface area (Å²) in [5.41, 5.74) is 3.59. The van der Waals surface area contributed by atoms with Crippen molar-refractivity contribution in [1.82, 2.24) is 9.88 Å². The number of piperazine rings is 1. The highest BCUT2D eigenvalue weighted by atomic mass is 32.2. The zero-order chi connectivity index (χ0) is 37.3. The maximum atomic E-state index is 13.5. The van der Waals surface area contributed by atoms with Crippen LogP contribution in [0.15, 0.2) is 120 Å². The van der Waals surface area contributed by atoms with E-state index in [0.717, 1.165) is 46.4 Å². The molecule has 0 aliphatic carbocycles. The van der Waals surface area contributed by atoms with Crippen molar-refractivity contribution in [2.24, 2.45) is 0 Å². The highest BCUT2D eigenvalue weighted by molar-refractivity contribution is 7.99. The first kappa shape index (κ1) is 37.0. The molecule has 13 nitrogen and oxygen atoms in total. The molecule has 0 spiro atoms. The van der Waals surface area contributed by atoms with Crippen LogP contribution in [0, 0.1) is 10.1 Å². The number of benzene rings is 4. The number of nitrogens with one attached hydrogen (secondary N) is 1. The number of aromatic nitrogens is 1. The van der Waals surface area contributed by atoms with E-state index in [9.17, 15) is 33.2 Å². The van der Waals surface area contributed by atoms with Gasteiger partial charge in [0.1, 0.15) is 5.69 Å². The molecule has 1 amide bonds. The molecule has 2 heterocycles. The van der Waals surface area contributed by atoms with Crippen LogP contribution >= 0.6 is 11.8 Å². The fourth-order valence-electron chi connectivity index (χ4n) is 6.10. The molecule has 0 saturated carbocycles. The van der Waals surface area contributed by atoms with Crippen LogP contribution in [-0.4, -0.2) is 78.7 Å². The number of rotatable bonds is 14. The molecule has 272 valence electrons. The van der Waals surface area contributed by atoms with E-state index in [0.29, 0.717) is 36.2 Å². The molecule has 1 aliphatic rings. The molecule has 1 saturated heterocycles. The van der Waals surface area contributed by atoms with Gasteiger partial charge in [0.25, 0.3) is 11.6 Å². The van der Waals surface area contributed by atoms with Crippen LogP contribution in [0.4, 0.5) is 22.7 Å². The van der Waals surface area contributed by atoms with Crippen LogP contribution in [-0.2, 0) is 17.4 Å². The first-order valence-corrected chi connectivity index (χ1v) is 18.8. The number of aromatic carboxylic acids is 1. The second-order valence-corrected chi connectivity index (χ2v) is 14.2. The molecule has 1 aromatic heterocycles. The molecule has 6 rings (SSSR count). The van der Waals surface area contributed by atoms with E-state index in [2.05, 4.69) is 20.1 Å². The number of nitrogens with zero attached hydrogens (tertiary/aromatic N) is 5. The van der Waals surface area contributed by atoms with Gasteiger partial charge in [0.15, 0.2) is 0 Å². The molecule has 5 aromatic rings. The molecule has 53 heavy (non-hydrogen) atoms. The summed E-state index contributed by atoms with van der Waals surface area (Å²) in [6, 6.07) is 29.7. The predicted molar refractivity (Wildman–Crippen MR) is 206 cm³/mol. The van der Waals surface area contributed by atoms with Crippen LogP contribution in [0.1, 0.15) is 26.3 Å². The lowest BCUT2D eigenvalue weighted by Gasteiger charge is -2.36. The minimum atomic E-state index is -3.46. The van der Waals surface area contributed by atoms with Crippen LogP contribution in [0.3, 0.4) is 0 Å². The number of pyridine rings is 1. The van der Waals surface area contributed by atoms with Gasteiger partial charge in [-0.2, -0.15) is 0 Å². The number of hydrogen-bond donors (Lipinski definition) is 3. The van der Waals surface area contributed by atoms with Crippen molar-refractivity contribution in [2.75, 3.05) is 53.0 Å². The summed E-state index contributed by atoms with van der Waals surface area (Å²) in [5.74, 6) is -1.21. The molecule has 4 aromatic carbocycles. The maximum Gasteiger partial charge on any atom is 0.337 e. The fraction of sp³-hybridized carbons (Fsp3) is 0.184. The van der Waals surface area contributed by atoms with Gasteiger partial charge in [0.05, 0.1) is 16.2 Å². The average molecular weight is 753 g/mol. The third-order valence-corrected chi connectivity index (χ3v) is 10.5. The summed E-state index contributed by atoms with van der Waals surface area (Å²) >= 11 is 1.59. The lowest BCUT2D eigenvalue weighted by Crippen LogP contribution is -2.46. The van der Waals surface area contributed by atoms with Gasteiger partial charge in [-0.3, -0.25) is 24.8 Å².